The molecule has 5 rings (SSSR count). The van der Waals surface area contributed by atoms with Gasteiger partial charge in [-0.05, 0) is 60.0 Å². The first-order valence-corrected chi connectivity index (χ1v) is 11.2. The second-order valence-electron chi connectivity index (χ2n) is 7.69. The molecule has 0 aliphatic carbocycles. The summed E-state index contributed by atoms with van der Waals surface area (Å²) >= 11 is 9.66. The summed E-state index contributed by atoms with van der Waals surface area (Å²) < 4.78 is 0.893. The number of aromatic nitrogens is 1. The van der Waals surface area contributed by atoms with Crippen LogP contribution in [0.4, 0.5) is 5.69 Å². The number of nitrogens with one attached hydrogen (secondary N) is 1. The van der Waals surface area contributed by atoms with E-state index in [0.29, 0.717) is 18.5 Å². The number of rotatable bonds is 3. The van der Waals surface area contributed by atoms with Crippen LogP contribution in [-0.4, -0.2) is 27.3 Å². The number of nitro groups is 1. The van der Waals surface area contributed by atoms with Crippen molar-refractivity contribution in [2.24, 2.45) is 0 Å². The highest BCUT2D eigenvalue weighted by Crippen LogP contribution is 2.40. The number of halogens is 2. The average Bonchev–Trinajstić information content (AvgIpc) is 3.17. The Morgan fingerprint density at radius 2 is 1.88 bits per heavy atom. The Kier molecular flexibility index (Phi) is 5.23. The van der Waals surface area contributed by atoms with Crippen LogP contribution in [0.25, 0.3) is 10.9 Å². The first-order valence-electron chi connectivity index (χ1n) is 10.0. The van der Waals surface area contributed by atoms with Crippen LogP contribution in [-0.2, 0) is 6.42 Å². The predicted octanol–water partition coefficient (Wildman–Crippen LogP) is 6.28. The Labute approximate surface area is 197 Å². The summed E-state index contributed by atoms with van der Waals surface area (Å²) in [7, 11) is 0. The number of fused-ring (bicyclic) bond motifs is 3. The molecular formula is C24H17BrClN3O3. The maximum absolute atomic E-state index is 13.5. The number of hydrogen-bond acceptors (Lipinski definition) is 3. The number of para-hydroxylation sites is 1. The number of H-pyrrole nitrogens is 1. The molecule has 0 radical (unpaired) electrons. The first-order chi connectivity index (χ1) is 15.4. The van der Waals surface area contributed by atoms with Gasteiger partial charge in [-0.2, -0.15) is 0 Å². The number of hydrogen-bond donors (Lipinski definition) is 1. The lowest BCUT2D eigenvalue weighted by Gasteiger charge is -2.36. The number of aromatic amines is 1. The molecule has 160 valence electrons. The van der Waals surface area contributed by atoms with Crippen LogP contribution in [0.1, 0.15) is 33.2 Å². The monoisotopic (exact) mass is 509 g/mol. The van der Waals surface area contributed by atoms with Crippen LogP contribution in [0.5, 0.6) is 0 Å². The van der Waals surface area contributed by atoms with Crippen molar-refractivity contribution < 1.29 is 9.72 Å². The van der Waals surface area contributed by atoms with E-state index in [2.05, 4.69) is 27.0 Å². The van der Waals surface area contributed by atoms with E-state index in [4.69, 9.17) is 11.6 Å². The molecular weight excluding hydrogens is 494 g/mol. The maximum atomic E-state index is 13.5. The Hall–Kier alpha value is -3.16. The summed E-state index contributed by atoms with van der Waals surface area (Å²) in [5, 5.41) is 12.4. The minimum absolute atomic E-state index is 0.0479. The van der Waals surface area contributed by atoms with Gasteiger partial charge in [0.2, 0.25) is 0 Å². The molecule has 0 saturated carbocycles. The molecule has 0 fully saturated rings. The number of nitro benzene ring substituents is 1. The zero-order chi connectivity index (χ0) is 22.4. The Bertz CT molecular complexity index is 1370. The van der Waals surface area contributed by atoms with Gasteiger partial charge in [0, 0.05) is 39.2 Å². The fourth-order valence-corrected chi connectivity index (χ4v) is 4.93. The molecule has 8 heteroatoms. The van der Waals surface area contributed by atoms with Gasteiger partial charge in [0.1, 0.15) is 5.02 Å². The molecule has 1 N–H and O–H groups in total. The number of benzene rings is 3. The molecule has 32 heavy (non-hydrogen) atoms. The topological polar surface area (TPSA) is 79.2 Å². The lowest BCUT2D eigenvalue weighted by atomic mass is 9.91. The summed E-state index contributed by atoms with van der Waals surface area (Å²) in [6.45, 7) is 0.517. The van der Waals surface area contributed by atoms with Crippen molar-refractivity contribution in [3.63, 3.8) is 0 Å². The van der Waals surface area contributed by atoms with Gasteiger partial charge in [-0.3, -0.25) is 14.9 Å². The SMILES string of the molecule is O=C(c1ccc(Br)cc1)N1CCc2c([nH]c3ccccc23)C1c1ccc([N+](=O)[O-])c(Cl)c1. The molecule has 0 bridgehead atoms. The molecule has 1 aliphatic heterocycles. The van der Waals surface area contributed by atoms with Crippen LogP contribution in [0.2, 0.25) is 5.02 Å². The van der Waals surface area contributed by atoms with E-state index in [1.54, 1.807) is 29.2 Å². The number of nitrogens with zero attached hydrogens (tertiary/aromatic N) is 2. The molecule has 0 saturated heterocycles. The first kappa shape index (κ1) is 20.7. The van der Waals surface area contributed by atoms with Crippen LogP contribution >= 0.6 is 27.5 Å². The summed E-state index contributed by atoms with van der Waals surface area (Å²) in [6.07, 6.45) is 0.707. The highest BCUT2D eigenvalue weighted by Gasteiger charge is 2.35. The van der Waals surface area contributed by atoms with Gasteiger partial charge in [-0.1, -0.05) is 45.7 Å². The highest BCUT2D eigenvalue weighted by atomic mass is 79.9. The second-order valence-corrected chi connectivity index (χ2v) is 9.01. The second kappa shape index (κ2) is 8.07. The lowest BCUT2D eigenvalue weighted by Crippen LogP contribution is -2.40. The van der Waals surface area contributed by atoms with Gasteiger partial charge >= 0.3 is 0 Å². The van der Waals surface area contributed by atoms with E-state index < -0.39 is 11.0 Å². The zero-order valence-corrected chi connectivity index (χ0v) is 19.1. The minimum atomic E-state index is -0.508. The molecule has 3 aromatic carbocycles. The summed E-state index contributed by atoms with van der Waals surface area (Å²) in [5.74, 6) is -0.110. The minimum Gasteiger partial charge on any atom is -0.356 e. The quantitative estimate of drug-likeness (QED) is 0.260. The van der Waals surface area contributed by atoms with Crippen molar-refractivity contribution >= 4 is 50.0 Å². The van der Waals surface area contributed by atoms with Crippen molar-refractivity contribution in [3.05, 3.63) is 109 Å². The van der Waals surface area contributed by atoms with Crippen LogP contribution in [0, 0.1) is 10.1 Å². The largest absolute Gasteiger partial charge is 0.356 e. The van der Waals surface area contributed by atoms with Gasteiger partial charge in [0.15, 0.2) is 0 Å². The van der Waals surface area contributed by atoms with Gasteiger partial charge in [0.05, 0.1) is 11.0 Å². The third-order valence-corrected chi connectivity index (χ3v) is 6.70. The molecule has 0 spiro atoms. The Balaban J connectivity index is 1.67. The van der Waals surface area contributed by atoms with E-state index in [9.17, 15) is 14.9 Å². The molecule has 2 heterocycles. The third kappa shape index (κ3) is 3.47. The summed E-state index contributed by atoms with van der Waals surface area (Å²) in [5.41, 5.74) is 4.19. The fourth-order valence-electron chi connectivity index (χ4n) is 4.41. The fraction of sp³-hybridized carbons (Fsp3) is 0.125. The Morgan fingerprint density at radius 1 is 1.12 bits per heavy atom. The van der Waals surface area contributed by atoms with Crippen molar-refractivity contribution in [1.29, 1.82) is 0 Å². The average molecular weight is 511 g/mol. The van der Waals surface area contributed by atoms with Gasteiger partial charge < -0.3 is 9.88 Å². The predicted molar refractivity (Wildman–Crippen MR) is 127 cm³/mol. The number of carbonyl (C=O) groups excluding carboxylic acids is 1. The molecule has 1 aromatic heterocycles. The van der Waals surface area contributed by atoms with E-state index in [1.807, 2.05) is 30.3 Å². The summed E-state index contributed by atoms with van der Waals surface area (Å²) in [6, 6.07) is 19.5. The van der Waals surface area contributed by atoms with E-state index >= 15 is 0 Å². The standard InChI is InChI=1S/C24H17BrClN3O3/c25-16-8-5-14(6-9-16)24(30)28-12-11-18-17-3-1-2-4-20(17)27-22(18)23(28)15-7-10-21(29(31)32)19(26)13-15/h1-10,13,23,27H,11-12H2. The normalized spacial score (nSPS) is 15.6. The molecule has 1 aliphatic rings. The van der Waals surface area contributed by atoms with Gasteiger partial charge in [-0.15, -0.1) is 0 Å². The van der Waals surface area contributed by atoms with Gasteiger partial charge in [0.25, 0.3) is 11.6 Å². The number of carbonyl (C=O) groups is 1. The third-order valence-electron chi connectivity index (χ3n) is 5.87. The van der Waals surface area contributed by atoms with Crippen LogP contribution in [0.15, 0.2) is 71.2 Å². The highest BCUT2D eigenvalue weighted by molar-refractivity contribution is 9.10. The number of amides is 1. The van der Waals surface area contributed by atoms with Crippen molar-refractivity contribution in [2.75, 3.05) is 6.54 Å². The molecule has 1 amide bonds. The zero-order valence-electron chi connectivity index (χ0n) is 16.7. The lowest BCUT2D eigenvalue weighted by molar-refractivity contribution is -0.384. The van der Waals surface area contributed by atoms with E-state index in [-0.39, 0.29) is 16.6 Å². The summed E-state index contributed by atoms with van der Waals surface area (Å²) in [4.78, 5) is 29.6. The van der Waals surface area contributed by atoms with E-state index in [1.165, 1.54) is 6.07 Å². The van der Waals surface area contributed by atoms with Gasteiger partial charge in [-0.25, -0.2) is 0 Å². The van der Waals surface area contributed by atoms with Crippen molar-refractivity contribution in [1.82, 2.24) is 9.88 Å². The molecule has 4 aromatic rings. The molecule has 6 nitrogen and oxygen atoms in total. The van der Waals surface area contributed by atoms with Crippen molar-refractivity contribution in [3.8, 4) is 0 Å². The molecule has 1 atom stereocenters. The smallest absolute Gasteiger partial charge is 0.287 e. The maximum Gasteiger partial charge on any atom is 0.287 e. The van der Waals surface area contributed by atoms with Crippen LogP contribution in [0.3, 0.4) is 0 Å². The van der Waals surface area contributed by atoms with E-state index in [0.717, 1.165) is 32.2 Å². The molecule has 1 unspecified atom stereocenters. The Morgan fingerprint density at radius 3 is 2.59 bits per heavy atom. The van der Waals surface area contributed by atoms with Crippen LogP contribution < -0.4 is 0 Å². The van der Waals surface area contributed by atoms with Crippen molar-refractivity contribution in [2.45, 2.75) is 12.5 Å².